The predicted octanol–water partition coefficient (Wildman–Crippen LogP) is 11.9. The lowest BCUT2D eigenvalue weighted by Gasteiger charge is -2.12. The molecule has 39 heavy (non-hydrogen) atoms. The van der Waals surface area contributed by atoms with Crippen LogP contribution in [0.4, 0.5) is 0 Å². The minimum Gasteiger partial charge on any atom is -0.264 e. The van der Waals surface area contributed by atoms with Crippen molar-refractivity contribution in [1.82, 2.24) is 0 Å². The van der Waals surface area contributed by atoms with Crippen LogP contribution in [-0.2, 0) is 14.6 Å². The molecule has 1 unspecified atom stereocenters. The summed E-state index contributed by atoms with van der Waals surface area (Å²) in [6, 6.07) is 0. The Hall–Kier alpha value is -0.390. The van der Waals surface area contributed by atoms with Crippen molar-refractivity contribution in [3.63, 3.8) is 0 Å². The molecule has 0 saturated carbocycles. The van der Waals surface area contributed by atoms with Crippen molar-refractivity contribution < 1.29 is 17.2 Å². The summed E-state index contributed by atoms with van der Waals surface area (Å²) in [5.41, 5.74) is 0. The number of rotatable bonds is 32. The summed E-state index contributed by atoms with van der Waals surface area (Å²) in [6.45, 7) is 4.58. The Morgan fingerprint density at radius 3 is 1.23 bits per heavy atom. The molecule has 4 nitrogen and oxygen atoms in total. The number of allylic oxidation sites excluding steroid dienone is 1. The fourth-order valence-corrected chi connectivity index (χ4v) is 5.75. The highest BCUT2D eigenvalue weighted by atomic mass is 32.3. The van der Waals surface area contributed by atoms with Gasteiger partial charge in [0.2, 0.25) is 0 Å². The Morgan fingerprint density at radius 2 is 0.872 bits per heavy atom. The molecule has 0 spiro atoms. The van der Waals surface area contributed by atoms with E-state index in [9.17, 15) is 8.42 Å². The van der Waals surface area contributed by atoms with Crippen molar-refractivity contribution in [1.29, 1.82) is 0 Å². The van der Waals surface area contributed by atoms with Gasteiger partial charge in [0.25, 0.3) is 0 Å². The van der Waals surface area contributed by atoms with Crippen LogP contribution >= 0.6 is 0 Å². The summed E-state index contributed by atoms with van der Waals surface area (Å²) >= 11 is 0. The van der Waals surface area contributed by atoms with Gasteiger partial charge in [0.05, 0.1) is 6.61 Å². The molecule has 0 rings (SSSR count). The van der Waals surface area contributed by atoms with Gasteiger partial charge in [-0.25, -0.2) is 4.18 Å². The first kappa shape index (κ1) is 38.6. The van der Waals surface area contributed by atoms with Crippen LogP contribution in [-0.4, -0.2) is 19.6 Å². The molecule has 0 aromatic carbocycles. The lowest BCUT2D eigenvalue weighted by atomic mass is 9.99. The van der Waals surface area contributed by atoms with Gasteiger partial charge in [-0.2, -0.15) is 8.42 Å². The van der Waals surface area contributed by atoms with E-state index in [4.69, 9.17) is 8.74 Å². The molecule has 0 aromatic rings. The molecule has 0 radical (unpaired) electrons. The molecule has 0 saturated heterocycles. The van der Waals surface area contributed by atoms with Crippen molar-refractivity contribution in [2.24, 2.45) is 5.92 Å². The Bertz CT molecular complexity index is 602. The smallest absolute Gasteiger partial charge is 0.264 e. The molecule has 0 amide bonds. The molecule has 1 N–H and O–H groups in total. The average Bonchev–Trinajstić information content (AvgIpc) is 2.91. The van der Waals surface area contributed by atoms with E-state index in [0.717, 1.165) is 19.3 Å². The summed E-state index contributed by atoms with van der Waals surface area (Å²) in [5.74, 6) is 0.0577. The maximum Gasteiger partial charge on any atom is 0.397 e. The number of hydrogen-bond donors (Lipinski definition) is 1. The molecule has 0 heterocycles. The third-order valence-electron chi connectivity index (χ3n) is 7.99. The fraction of sp³-hybridized carbons (Fsp3) is 0.941. The zero-order valence-electron chi connectivity index (χ0n) is 26.3. The first-order valence-electron chi connectivity index (χ1n) is 17.3. The van der Waals surface area contributed by atoms with Gasteiger partial charge in [-0.05, 0) is 19.3 Å². The monoisotopic (exact) mass is 572 g/mol. The first-order chi connectivity index (χ1) is 19.0. The van der Waals surface area contributed by atoms with Gasteiger partial charge in [0.1, 0.15) is 0 Å². The molecule has 5 heteroatoms. The molecular weight excluding hydrogens is 504 g/mol. The highest BCUT2D eigenvalue weighted by Gasteiger charge is 2.11. The van der Waals surface area contributed by atoms with Crippen LogP contribution in [0.5, 0.6) is 0 Å². The second-order valence-electron chi connectivity index (χ2n) is 12.0. The fourth-order valence-electron chi connectivity index (χ4n) is 5.40. The summed E-state index contributed by atoms with van der Waals surface area (Å²) in [5, 5.41) is 0. The Balaban J connectivity index is 3.69. The van der Waals surface area contributed by atoms with Crippen molar-refractivity contribution in [3.05, 3.63) is 12.2 Å². The van der Waals surface area contributed by atoms with E-state index in [1.807, 2.05) is 0 Å². The van der Waals surface area contributed by atoms with Crippen LogP contribution in [0.3, 0.4) is 0 Å². The van der Waals surface area contributed by atoms with Crippen molar-refractivity contribution in [3.8, 4) is 0 Å². The minimum atomic E-state index is -4.37. The molecule has 234 valence electrons. The molecule has 0 aliphatic carbocycles. The summed E-state index contributed by atoms with van der Waals surface area (Å²) < 4.78 is 35.7. The van der Waals surface area contributed by atoms with Crippen LogP contribution in [0.15, 0.2) is 12.2 Å². The Kier molecular flexibility index (Phi) is 30.3. The third-order valence-corrected chi connectivity index (χ3v) is 8.43. The number of unbranched alkanes of at least 4 members (excludes halogenated alkanes) is 25. The summed E-state index contributed by atoms with van der Waals surface area (Å²) in [7, 11) is -4.37. The molecule has 0 bridgehead atoms. The van der Waals surface area contributed by atoms with Gasteiger partial charge in [0, 0.05) is 5.92 Å². The first-order valence-corrected chi connectivity index (χ1v) is 18.6. The third kappa shape index (κ3) is 33.7. The maximum atomic E-state index is 11.0. The van der Waals surface area contributed by atoms with E-state index in [-0.39, 0.29) is 12.5 Å². The van der Waals surface area contributed by atoms with Crippen LogP contribution in [0.2, 0.25) is 0 Å². The van der Waals surface area contributed by atoms with E-state index in [1.165, 1.54) is 161 Å². The van der Waals surface area contributed by atoms with Crippen LogP contribution < -0.4 is 0 Å². The van der Waals surface area contributed by atoms with Gasteiger partial charge in [-0.15, -0.1) is 0 Å². The van der Waals surface area contributed by atoms with Crippen molar-refractivity contribution in [2.75, 3.05) is 6.61 Å². The second kappa shape index (κ2) is 30.6. The lowest BCUT2D eigenvalue weighted by molar-refractivity contribution is 0.234. The average molecular weight is 573 g/mol. The van der Waals surface area contributed by atoms with E-state index < -0.39 is 10.4 Å². The Morgan fingerprint density at radius 1 is 0.538 bits per heavy atom. The predicted molar refractivity (Wildman–Crippen MR) is 171 cm³/mol. The Labute approximate surface area is 245 Å². The highest BCUT2D eigenvalue weighted by Crippen LogP contribution is 2.17. The van der Waals surface area contributed by atoms with Gasteiger partial charge >= 0.3 is 10.4 Å². The molecule has 0 fully saturated rings. The molecule has 0 aliphatic heterocycles. The molecular formula is C34H68O4S. The van der Waals surface area contributed by atoms with Crippen molar-refractivity contribution >= 4 is 10.4 Å². The second-order valence-corrected chi connectivity index (χ2v) is 13.1. The van der Waals surface area contributed by atoms with Gasteiger partial charge in [0.15, 0.2) is 0 Å². The number of hydrogen-bond acceptors (Lipinski definition) is 3. The van der Waals surface area contributed by atoms with E-state index in [1.54, 1.807) is 0 Å². The van der Waals surface area contributed by atoms with Gasteiger partial charge < -0.3 is 0 Å². The van der Waals surface area contributed by atoms with Crippen molar-refractivity contribution in [2.45, 2.75) is 194 Å². The van der Waals surface area contributed by atoms with E-state index >= 15 is 0 Å². The SMILES string of the molecule is CCCCCCCCCCCCCCCCCCC/C=C/C(CCCCCCCCCCC)COS(=O)(=O)O. The normalized spacial score (nSPS) is 13.0. The summed E-state index contributed by atoms with van der Waals surface area (Å²) in [4.78, 5) is 0. The van der Waals surface area contributed by atoms with E-state index in [0.29, 0.717) is 0 Å². The van der Waals surface area contributed by atoms with Gasteiger partial charge in [-0.1, -0.05) is 187 Å². The zero-order valence-corrected chi connectivity index (χ0v) is 27.1. The maximum absolute atomic E-state index is 11.0. The van der Waals surface area contributed by atoms with Crippen LogP contribution in [0.25, 0.3) is 0 Å². The summed E-state index contributed by atoms with van der Waals surface area (Å²) in [6.07, 6.45) is 41.3. The van der Waals surface area contributed by atoms with Crippen LogP contribution in [0, 0.1) is 5.92 Å². The quantitative estimate of drug-likeness (QED) is 0.0494. The largest absolute Gasteiger partial charge is 0.397 e. The lowest BCUT2D eigenvalue weighted by Crippen LogP contribution is -2.12. The van der Waals surface area contributed by atoms with Gasteiger partial charge in [-0.3, -0.25) is 4.55 Å². The topological polar surface area (TPSA) is 63.6 Å². The molecule has 0 aromatic heterocycles. The minimum absolute atomic E-state index is 0.0470. The van der Waals surface area contributed by atoms with E-state index in [2.05, 4.69) is 26.0 Å². The highest BCUT2D eigenvalue weighted by molar-refractivity contribution is 7.80. The standard InChI is InChI=1S/C34H68O4S/c1-3-5-7-9-11-13-14-15-16-17-18-19-20-21-22-24-26-28-30-32-34(33-38-39(35,36)37)31-29-27-25-23-12-10-8-6-4-2/h30,32,34H,3-29,31,33H2,1-2H3,(H,35,36,37)/b32-30+. The molecule has 0 aliphatic rings. The van der Waals surface area contributed by atoms with Crippen LogP contribution in [0.1, 0.15) is 194 Å². The zero-order chi connectivity index (χ0) is 28.7. The molecule has 1 atom stereocenters.